The Labute approximate surface area is 162 Å². The first-order chi connectivity index (χ1) is 13.4. The van der Waals surface area contributed by atoms with Crippen molar-refractivity contribution in [1.82, 2.24) is 9.78 Å². The summed E-state index contributed by atoms with van der Waals surface area (Å²) in [5, 5.41) is 4.17. The van der Waals surface area contributed by atoms with E-state index in [-0.39, 0.29) is 30.3 Å². The van der Waals surface area contributed by atoms with Crippen molar-refractivity contribution in [3.05, 3.63) is 23.5 Å². The van der Waals surface area contributed by atoms with Crippen LogP contribution in [0.2, 0.25) is 0 Å². The van der Waals surface area contributed by atoms with E-state index in [0.717, 1.165) is 0 Å². The molecule has 0 aliphatic carbocycles. The van der Waals surface area contributed by atoms with Crippen LogP contribution < -0.4 is 19.9 Å². The van der Waals surface area contributed by atoms with Crippen molar-refractivity contribution in [2.75, 3.05) is 40.3 Å². The highest BCUT2D eigenvalue weighted by atomic mass is 16.5. The van der Waals surface area contributed by atoms with Crippen LogP contribution in [0.25, 0.3) is 5.69 Å². The number of carbonyl (C=O) groups excluding carboxylic acids is 2. The number of ether oxygens (including phenoxy) is 5. The molecule has 0 amide bonds. The molecule has 1 aromatic heterocycles. The molecule has 2 rings (SSSR count). The lowest BCUT2D eigenvalue weighted by molar-refractivity contribution is 0.0510. The molecule has 10 heteroatoms. The highest BCUT2D eigenvalue weighted by Crippen LogP contribution is 2.40. The van der Waals surface area contributed by atoms with Gasteiger partial charge in [0.2, 0.25) is 5.75 Å². The zero-order chi connectivity index (χ0) is 20.8. The average molecular weight is 393 g/mol. The predicted octanol–water partition coefficient (Wildman–Crippen LogP) is 1.83. The van der Waals surface area contributed by atoms with Crippen LogP contribution in [0, 0.1) is 0 Å². The fourth-order valence-electron chi connectivity index (χ4n) is 2.55. The number of rotatable bonds is 8. The molecule has 1 heterocycles. The largest absolute Gasteiger partial charge is 0.493 e. The van der Waals surface area contributed by atoms with Gasteiger partial charge in [-0.05, 0) is 13.8 Å². The Bertz CT molecular complexity index is 851. The minimum atomic E-state index is -0.753. The lowest BCUT2D eigenvalue weighted by Crippen LogP contribution is -2.14. The molecule has 2 N–H and O–H groups in total. The zero-order valence-corrected chi connectivity index (χ0v) is 16.4. The summed E-state index contributed by atoms with van der Waals surface area (Å²) < 4.78 is 27.2. The molecule has 0 unspecified atom stereocenters. The molecule has 28 heavy (non-hydrogen) atoms. The topological polar surface area (TPSA) is 124 Å². The fourth-order valence-corrected chi connectivity index (χ4v) is 2.55. The van der Waals surface area contributed by atoms with Crippen LogP contribution in [-0.2, 0) is 9.47 Å². The smallest absolute Gasteiger partial charge is 0.361 e. The third kappa shape index (κ3) is 3.80. The Balaban J connectivity index is 2.74. The molecule has 10 nitrogen and oxygen atoms in total. The van der Waals surface area contributed by atoms with Crippen LogP contribution in [0.5, 0.6) is 17.2 Å². The number of aromatic nitrogens is 2. The standard InChI is InChI=1S/C18H23N3O7/c1-6-27-17(22)14-13(19)15(18(23)28-7-2)21(20-14)10-8-11(24-3)16(26-5)12(9-10)25-4/h8-9H,6-7,19H2,1-5H3. The van der Waals surface area contributed by atoms with E-state index in [9.17, 15) is 9.59 Å². The number of hydrogen-bond acceptors (Lipinski definition) is 9. The number of hydrogen-bond donors (Lipinski definition) is 1. The summed E-state index contributed by atoms with van der Waals surface area (Å²) in [6.45, 7) is 3.55. The molecule has 152 valence electrons. The maximum Gasteiger partial charge on any atom is 0.361 e. The van der Waals surface area contributed by atoms with Gasteiger partial charge in [-0.3, -0.25) is 0 Å². The molecule has 0 saturated carbocycles. The van der Waals surface area contributed by atoms with Gasteiger partial charge in [0.25, 0.3) is 0 Å². The second kappa shape index (κ2) is 8.98. The third-order valence-electron chi connectivity index (χ3n) is 3.75. The van der Waals surface area contributed by atoms with Gasteiger partial charge >= 0.3 is 11.9 Å². The van der Waals surface area contributed by atoms with Gasteiger partial charge < -0.3 is 29.4 Å². The molecule has 0 aliphatic heterocycles. The van der Waals surface area contributed by atoms with E-state index in [1.165, 1.54) is 26.0 Å². The number of anilines is 1. The molecule has 0 saturated heterocycles. The van der Waals surface area contributed by atoms with Gasteiger partial charge in [-0.15, -0.1) is 0 Å². The second-order valence-corrected chi connectivity index (χ2v) is 5.35. The molecule has 0 aliphatic rings. The highest BCUT2D eigenvalue weighted by Gasteiger charge is 2.29. The predicted molar refractivity (Wildman–Crippen MR) is 99.5 cm³/mol. The van der Waals surface area contributed by atoms with Gasteiger partial charge in [0, 0.05) is 12.1 Å². The Morgan fingerprint density at radius 2 is 1.50 bits per heavy atom. The summed E-state index contributed by atoms with van der Waals surface area (Å²) in [6.07, 6.45) is 0. The van der Waals surface area contributed by atoms with Crippen LogP contribution in [-0.4, -0.2) is 56.3 Å². The fraction of sp³-hybridized carbons (Fsp3) is 0.389. The summed E-state index contributed by atoms with van der Waals surface area (Å²) in [6, 6.07) is 3.12. The number of methoxy groups -OCH3 is 3. The minimum absolute atomic E-state index is 0.112. The van der Waals surface area contributed by atoms with Gasteiger partial charge in [-0.2, -0.15) is 5.10 Å². The van der Waals surface area contributed by atoms with Gasteiger partial charge in [-0.1, -0.05) is 0 Å². The van der Waals surface area contributed by atoms with Gasteiger partial charge in [-0.25, -0.2) is 14.3 Å². The molecule has 0 spiro atoms. The lowest BCUT2D eigenvalue weighted by atomic mass is 10.2. The second-order valence-electron chi connectivity index (χ2n) is 5.35. The maximum atomic E-state index is 12.5. The van der Waals surface area contributed by atoms with E-state index in [4.69, 9.17) is 29.4 Å². The summed E-state index contributed by atoms with van der Waals surface area (Å²) in [5.74, 6) is -0.470. The van der Waals surface area contributed by atoms with E-state index in [0.29, 0.717) is 22.9 Å². The van der Waals surface area contributed by atoms with Gasteiger partial charge in [0.05, 0.1) is 40.2 Å². The van der Waals surface area contributed by atoms with Crippen molar-refractivity contribution in [1.29, 1.82) is 0 Å². The van der Waals surface area contributed by atoms with Crippen LogP contribution in [0.15, 0.2) is 12.1 Å². The number of nitrogens with two attached hydrogens (primary N) is 1. The molecular formula is C18H23N3O7. The van der Waals surface area contributed by atoms with E-state index < -0.39 is 11.9 Å². The summed E-state index contributed by atoms with van der Waals surface area (Å²) in [4.78, 5) is 24.7. The molecule has 0 radical (unpaired) electrons. The minimum Gasteiger partial charge on any atom is -0.493 e. The van der Waals surface area contributed by atoms with Gasteiger partial charge in [0.15, 0.2) is 22.9 Å². The van der Waals surface area contributed by atoms with Crippen LogP contribution in [0.4, 0.5) is 5.69 Å². The summed E-state index contributed by atoms with van der Waals surface area (Å²) in [5.41, 5.74) is 5.92. The zero-order valence-electron chi connectivity index (χ0n) is 16.4. The average Bonchev–Trinajstić information content (AvgIpc) is 3.04. The normalized spacial score (nSPS) is 10.3. The van der Waals surface area contributed by atoms with Crippen molar-refractivity contribution in [2.45, 2.75) is 13.8 Å². The van der Waals surface area contributed by atoms with Crippen LogP contribution in [0.3, 0.4) is 0 Å². The van der Waals surface area contributed by atoms with E-state index >= 15 is 0 Å². The van der Waals surface area contributed by atoms with E-state index in [2.05, 4.69) is 5.10 Å². The van der Waals surface area contributed by atoms with Crippen LogP contribution >= 0.6 is 0 Å². The lowest BCUT2D eigenvalue weighted by Gasteiger charge is -2.15. The molecule has 1 aromatic carbocycles. The quantitative estimate of drug-likeness (QED) is 0.669. The van der Waals surface area contributed by atoms with Crippen molar-refractivity contribution >= 4 is 17.6 Å². The van der Waals surface area contributed by atoms with Gasteiger partial charge in [0.1, 0.15) is 5.69 Å². The molecule has 0 atom stereocenters. The number of nitrogens with zero attached hydrogens (tertiary/aromatic N) is 2. The molecule has 2 aromatic rings. The number of carbonyl (C=O) groups is 2. The number of esters is 2. The SMILES string of the molecule is CCOC(=O)c1nn(-c2cc(OC)c(OC)c(OC)c2)c(C(=O)OCC)c1N. The molecular weight excluding hydrogens is 370 g/mol. The monoisotopic (exact) mass is 393 g/mol. The number of nitrogen functional groups attached to an aromatic ring is 1. The van der Waals surface area contributed by atoms with E-state index in [1.54, 1.807) is 26.0 Å². The van der Waals surface area contributed by atoms with Crippen molar-refractivity contribution < 1.29 is 33.3 Å². The summed E-state index contributed by atoms with van der Waals surface area (Å²) in [7, 11) is 4.37. The van der Waals surface area contributed by atoms with E-state index in [1.807, 2.05) is 0 Å². The molecule has 0 bridgehead atoms. The Morgan fingerprint density at radius 3 is 1.96 bits per heavy atom. The Kier molecular flexibility index (Phi) is 6.69. The first-order valence-corrected chi connectivity index (χ1v) is 8.46. The summed E-state index contributed by atoms with van der Waals surface area (Å²) >= 11 is 0. The third-order valence-corrected chi connectivity index (χ3v) is 3.75. The first kappa shape index (κ1) is 20.9. The van der Waals surface area contributed by atoms with Crippen LogP contribution in [0.1, 0.15) is 34.8 Å². The Morgan fingerprint density at radius 1 is 0.964 bits per heavy atom. The maximum absolute atomic E-state index is 12.5. The van der Waals surface area contributed by atoms with Crippen molar-refractivity contribution in [3.63, 3.8) is 0 Å². The Hall–Kier alpha value is -3.43. The first-order valence-electron chi connectivity index (χ1n) is 8.46. The number of benzene rings is 1. The highest BCUT2D eigenvalue weighted by molar-refractivity contribution is 6.02. The van der Waals surface area contributed by atoms with Crippen molar-refractivity contribution in [2.24, 2.45) is 0 Å². The molecule has 0 fully saturated rings. The van der Waals surface area contributed by atoms with Crippen molar-refractivity contribution in [3.8, 4) is 22.9 Å².